The third-order valence-corrected chi connectivity index (χ3v) is 2.62. The van der Waals surface area contributed by atoms with Crippen LogP contribution in [0.3, 0.4) is 0 Å². The Bertz CT molecular complexity index is 450. The van der Waals surface area contributed by atoms with Crippen LogP contribution in [0.15, 0.2) is 45.3 Å². The average Bonchev–Trinajstić information content (AvgIpc) is 2.67. The maximum absolute atomic E-state index is 5.68. The Morgan fingerprint density at radius 3 is 2.87 bits per heavy atom. The molecule has 0 fully saturated rings. The molecule has 2 nitrogen and oxygen atoms in total. The molecule has 0 unspecified atom stereocenters. The highest BCUT2D eigenvalue weighted by atomic mass is 79.9. The number of hydrogen-bond acceptors (Lipinski definition) is 2. The molecule has 0 spiro atoms. The molecular weight excluding hydrogens is 254 g/mol. The standard InChI is InChI=1S/C12H12BrNO/c1-14-8-11-5-6-12(15-11)9-3-2-4-10(13)7-9/h2-7,14H,8H2,1H3. The maximum atomic E-state index is 5.68. The molecule has 0 bridgehead atoms. The van der Waals surface area contributed by atoms with Crippen LogP contribution < -0.4 is 5.32 Å². The smallest absolute Gasteiger partial charge is 0.134 e. The van der Waals surface area contributed by atoms with Crippen LogP contribution in [0, 0.1) is 0 Å². The van der Waals surface area contributed by atoms with Crippen molar-refractivity contribution in [2.45, 2.75) is 6.54 Å². The molecule has 0 atom stereocenters. The zero-order valence-electron chi connectivity index (χ0n) is 8.46. The van der Waals surface area contributed by atoms with Gasteiger partial charge in [-0.1, -0.05) is 28.1 Å². The topological polar surface area (TPSA) is 25.2 Å². The second kappa shape index (κ2) is 4.64. The fraction of sp³-hybridized carbons (Fsp3) is 0.167. The summed E-state index contributed by atoms with van der Waals surface area (Å²) in [6.45, 7) is 0.758. The summed E-state index contributed by atoms with van der Waals surface area (Å²) in [7, 11) is 1.90. The molecule has 0 amide bonds. The molecule has 0 saturated carbocycles. The Morgan fingerprint density at radius 1 is 1.27 bits per heavy atom. The minimum atomic E-state index is 0.758. The normalized spacial score (nSPS) is 10.5. The molecule has 0 aliphatic heterocycles. The lowest BCUT2D eigenvalue weighted by Crippen LogP contribution is -2.03. The highest BCUT2D eigenvalue weighted by molar-refractivity contribution is 9.10. The van der Waals surface area contributed by atoms with E-state index in [1.165, 1.54) is 0 Å². The van der Waals surface area contributed by atoms with Crippen molar-refractivity contribution in [3.8, 4) is 11.3 Å². The lowest BCUT2D eigenvalue weighted by Gasteiger charge is -1.98. The Morgan fingerprint density at radius 2 is 2.13 bits per heavy atom. The Labute approximate surface area is 97.4 Å². The Hall–Kier alpha value is -1.06. The molecule has 15 heavy (non-hydrogen) atoms. The van der Waals surface area contributed by atoms with Crippen molar-refractivity contribution < 1.29 is 4.42 Å². The first-order valence-corrected chi connectivity index (χ1v) is 5.58. The van der Waals surface area contributed by atoms with E-state index in [2.05, 4.69) is 21.2 Å². The van der Waals surface area contributed by atoms with E-state index in [0.29, 0.717) is 0 Å². The summed E-state index contributed by atoms with van der Waals surface area (Å²) in [5, 5.41) is 3.06. The highest BCUT2D eigenvalue weighted by Gasteiger charge is 2.03. The average molecular weight is 266 g/mol. The van der Waals surface area contributed by atoms with E-state index < -0.39 is 0 Å². The van der Waals surface area contributed by atoms with Crippen LogP contribution in [0.4, 0.5) is 0 Å². The fourth-order valence-corrected chi connectivity index (χ4v) is 1.84. The zero-order chi connectivity index (χ0) is 10.7. The van der Waals surface area contributed by atoms with Gasteiger partial charge < -0.3 is 9.73 Å². The van der Waals surface area contributed by atoms with Crippen molar-refractivity contribution in [1.29, 1.82) is 0 Å². The molecule has 0 radical (unpaired) electrons. The SMILES string of the molecule is CNCc1ccc(-c2cccc(Br)c2)o1. The molecule has 0 aliphatic carbocycles. The van der Waals surface area contributed by atoms with Gasteiger partial charge in [-0.25, -0.2) is 0 Å². The number of hydrogen-bond donors (Lipinski definition) is 1. The van der Waals surface area contributed by atoms with Gasteiger partial charge in [0.05, 0.1) is 6.54 Å². The van der Waals surface area contributed by atoms with Gasteiger partial charge in [-0.15, -0.1) is 0 Å². The number of halogens is 1. The summed E-state index contributed by atoms with van der Waals surface area (Å²) >= 11 is 3.44. The predicted octanol–water partition coefficient (Wildman–Crippen LogP) is 3.43. The van der Waals surface area contributed by atoms with Crippen LogP contribution in [0.5, 0.6) is 0 Å². The first-order valence-electron chi connectivity index (χ1n) is 4.79. The first kappa shape index (κ1) is 10.5. The van der Waals surface area contributed by atoms with Gasteiger partial charge in [-0.3, -0.25) is 0 Å². The van der Waals surface area contributed by atoms with Crippen LogP contribution in [0.25, 0.3) is 11.3 Å². The lowest BCUT2D eigenvalue weighted by molar-refractivity contribution is 0.507. The van der Waals surface area contributed by atoms with Crippen molar-refractivity contribution in [3.05, 3.63) is 46.6 Å². The van der Waals surface area contributed by atoms with Crippen molar-refractivity contribution in [2.75, 3.05) is 7.05 Å². The number of benzene rings is 1. The summed E-state index contributed by atoms with van der Waals surface area (Å²) in [4.78, 5) is 0. The van der Waals surface area contributed by atoms with Gasteiger partial charge in [0, 0.05) is 10.0 Å². The molecule has 0 saturated heterocycles. The van der Waals surface area contributed by atoms with Gasteiger partial charge in [0.1, 0.15) is 11.5 Å². The van der Waals surface area contributed by atoms with Gasteiger partial charge >= 0.3 is 0 Å². The van der Waals surface area contributed by atoms with Crippen LogP contribution in [0.2, 0.25) is 0 Å². The van der Waals surface area contributed by atoms with E-state index in [1.807, 2.05) is 43.4 Å². The molecule has 2 rings (SSSR count). The molecule has 1 aromatic carbocycles. The highest BCUT2D eigenvalue weighted by Crippen LogP contribution is 2.24. The monoisotopic (exact) mass is 265 g/mol. The van der Waals surface area contributed by atoms with Crippen LogP contribution in [-0.2, 0) is 6.54 Å². The number of furan rings is 1. The molecule has 1 aromatic heterocycles. The number of rotatable bonds is 3. The molecule has 2 aromatic rings. The largest absolute Gasteiger partial charge is 0.460 e. The van der Waals surface area contributed by atoms with E-state index in [1.54, 1.807) is 0 Å². The van der Waals surface area contributed by atoms with Crippen molar-refractivity contribution in [3.63, 3.8) is 0 Å². The van der Waals surface area contributed by atoms with Crippen LogP contribution in [-0.4, -0.2) is 7.05 Å². The summed E-state index contributed by atoms with van der Waals surface area (Å²) in [5.41, 5.74) is 1.09. The number of nitrogens with one attached hydrogen (secondary N) is 1. The maximum Gasteiger partial charge on any atom is 0.134 e. The first-order chi connectivity index (χ1) is 7.29. The lowest BCUT2D eigenvalue weighted by atomic mass is 10.2. The van der Waals surface area contributed by atoms with E-state index in [9.17, 15) is 0 Å². The summed E-state index contributed by atoms with van der Waals surface area (Å²) in [6.07, 6.45) is 0. The van der Waals surface area contributed by atoms with E-state index in [0.717, 1.165) is 28.1 Å². The summed E-state index contributed by atoms with van der Waals surface area (Å²) in [6, 6.07) is 12.1. The van der Waals surface area contributed by atoms with Crippen molar-refractivity contribution in [1.82, 2.24) is 5.32 Å². The second-order valence-electron chi connectivity index (χ2n) is 3.31. The molecule has 3 heteroatoms. The third kappa shape index (κ3) is 2.49. The third-order valence-electron chi connectivity index (χ3n) is 2.12. The minimum absolute atomic E-state index is 0.758. The van der Waals surface area contributed by atoms with Gasteiger partial charge in [-0.2, -0.15) is 0 Å². The predicted molar refractivity (Wildman–Crippen MR) is 64.6 cm³/mol. The minimum Gasteiger partial charge on any atom is -0.460 e. The summed E-state index contributed by atoms with van der Waals surface area (Å²) < 4.78 is 6.74. The Kier molecular flexibility index (Phi) is 3.23. The van der Waals surface area contributed by atoms with Crippen molar-refractivity contribution >= 4 is 15.9 Å². The molecule has 0 aliphatic rings. The van der Waals surface area contributed by atoms with Gasteiger partial charge in [0.25, 0.3) is 0 Å². The van der Waals surface area contributed by atoms with Gasteiger partial charge in [0.2, 0.25) is 0 Å². The van der Waals surface area contributed by atoms with E-state index in [-0.39, 0.29) is 0 Å². The van der Waals surface area contributed by atoms with Crippen molar-refractivity contribution in [2.24, 2.45) is 0 Å². The molecular formula is C12H12BrNO. The Balaban J connectivity index is 2.29. The zero-order valence-corrected chi connectivity index (χ0v) is 10.0. The molecule has 78 valence electrons. The quantitative estimate of drug-likeness (QED) is 0.920. The van der Waals surface area contributed by atoms with Crippen LogP contribution in [0.1, 0.15) is 5.76 Å². The van der Waals surface area contributed by atoms with Gasteiger partial charge in [-0.05, 0) is 31.3 Å². The summed E-state index contributed by atoms with van der Waals surface area (Å²) in [5.74, 6) is 1.86. The fourth-order valence-electron chi connectivity index (χ4n) is 1.44. The van der Waals surface area contributed by atoms with E-state index in [4.69, 9.17) is 4.42 Å². The molecule has 1 N–H and O–H groups in total. The second-order valence-corrected chi connectivity index (χ2v) is 4.22. The van der Waals surface area contributed by atoms with Crippen LogP contribution >= 0.6 is 15.9 Å². The molecule has 1 heterocycles. The van der Waals surface area contributed by atoms with Gasteiger partial charge in [0.15, 0.2) is 0 Å². The van der Waals surface area contributed by atoms with E-state index >= 15 is 0 Å².